The van der Waals surface area contributed by atoms with E-state index in [0.717, 1.165) is 12.0 Å². The SMILES string of the molecule is COc1ccc(CCC(=O)NC(C)(CN)CC(C)C)c(OC)c1OC.Cl. The van der Waals surface area contributed by atoms with E-state index in [1.54, 1.807) is 21.3 Å². The summed E-state index contributed by atoms with van der Waals surface area (Å²) in [5, 5.41) is 3.07. The van der Waals surface area contributed by atoms with E-state index in [9.17, 15) is 4.79 Å². The van der Waals surface area contributed by atoms with Gasteiger partial charge in [0.2, 0.25) is 11.7 Å². The Morgan fingerprint density at radius 3 is 2.23 bits per heavy atom. The van der Waals surface area contributed by atoms with Gasteiger partial charge in [0.15, 0.2) is 11.5 Å². The van der Waals surface area contributed by atoms with Crippen molar-refractivity contribution in [2.75, 3.05) is 27.9 Å². The van der Waals surface area contributed by atoms with Crippen molar-refractivity contribution in [3.8, 4) is 17.2 Å². The monoisotopic (exact) mass is 388 g/mol. The van der Waals surface area contributed by atoms with E-state index < -0.39 is 0 Å². The summed E-state index contributed by atoms with van der Waals surface area (Å²) < 4.78 is 16.1. The van der Waals surface area contributed by atoms with E-state index in [2.05, 4.69) is 19.2 Å². The number of carbonyl (C=O) groups excluding carboxylic acids is 1. The van der Waals surface area contributed by atoms with Crippen molar-refractivity contribution in [2.24, 2.45) is 11.7 Å². The lowest BCUT2D eigenvalue weighted by Crippen LogP contribution is -2.52. The number of nitrogens with two attached hydrogens (primary N) is 1. The third-order valence-corrected chi connectivity index (χ3v) is 4.16. The zero-order valence-electron chi connectivity index (χ0n) is 16.7. The van der Waals surface area contributed by atoms with E-state index in [4.69, 9.17) is 19.9 Å². The number of amides is 1. The minimum atomic E-state index is -0.382. The van der Waals surface area contributed by atoms with Crippen molar-refractivity contribution in [1.29, 1.82) is 0 Å². The highest BCUT2D eigenvalue weighted by molar-refractivity contribution is 5.85. The number of hydrogen-bond acceptors (Lipinski definition) is 5. The molecular weight excluding hydrogens is 356 g/mol. The van der Waals surface area contributed by atoms with Crippen LogP contribution in [0.4, 0.5) is 0 Å². The molecule has 1 unspecified atom stereocenters. The summed E-state index contributed by atoms with van der Waals surface area (Å²) in [6.07, 6.45) is 1.73. The van der Waals surface area contributed by atoms with Gasteiger partial charge in [-0.2, -0.15) is 0 Å². The first-order chi connectivity index (χ1) is 11.8. The molecule has 0 bridgehead atoms. The molecule has 0 aliphatic rings. The predicted octanol–water partition coefficient (Wildman–Crippen LogP) is 2.95. The molecule has 1 amide bonds. The molecule has 6 nitrogen and oxygen atoms in total. The highest BCUT2D eigenvalue weighted by Gasteiger charge is 2.26. The highest BCUT2D eigenvalue weighted by atomic mass is 35.5. The maximum absolute atomic E-state index is 12.4. The zero-order valence-corrected chi connectivity index (χ0v) is 17.5. The number of benzene rings is 1. The molecule has 0 aromatic heterocycles. The Balaban J connectivity index is 0.00000625. The topological polar surface area (TPSA) is 82.8 Å². The van der Waals surface area contributed by atoms with Crippen molar-refractivity contribution in [3.05, 3.63) is 17.7 Å². The summed E-state index contributed by atoms with van der Waals surface area (Å²) in [5.74, 6) is 2.17. The molecule has 1 rings (SSSR count). The van der Waals surface area contributed by atoms with Gasteiger partial charge in [0, 0.05) is 18.5 Å². The van der Waals surface area contributed by atoms with Gasteiger partial charge in [-0.15, -0.1) is 12.4 Å². The molecule has 0 aliphatic heterocycles. The van der Waals surface area contributed by atoms with Crippen LogP contribution in [0.15, 0.2) is 12.1 Å². The van der Waals surface area contributed by atoms with Gasteiger partial charge in [-0.25, -0.2) is 0 Å². The lowest BCUT2D eigenvalue weighted by Gasteiger charge is -2.31. The van der Waals surface area contributed by atoms with E-state index in [1.807, 2.05) is 19.1 Å². The zero-order chi connectivity index (χ0) is 19.0. The summed E-state index contributed by atoms with van der Waals surface area (Å²) in [6.45, 7) is 6.64. The third-order valence-electron chi connectivity index (χ3n) is 4.16. The second kappa shape index (κ2) is 11.1. The van der Waals surface area contributed by atoms with Crippen molar-refractivity contribution < 1.29 is 19.0 Å². The maximum atomic E-state index is 12.4. The first-order valence-corrected chi connectivity index (χ1v) is 8.59. The Hall–Kier alpha value is -1.66. The lowest BCUT2D eigenvalue weighted by molar-refractivity contribution is -0.122. The van der Waals surface area contributed by atoms with Crippen LogP contribution in [0, 0.1) is 5.92 Å². The largest absolute Gasteiger partial charge is 0.493 e. The smallest absolute Gasteiger partial charge is 0.220 e. The van der Waals surface area contributed by atoms with Crippen LogP contribution in [0.25, 0.3) is 0 Å². The molecule has 3 N–H and O–H groups in total. The second-order valence-corrected chi connectivity index (χ2v) is 6.90. The Morgan fingerprint density at radius 2 is 1.77 bits per heavy atom. The van der Waals surface area contributed by atoms with Crippen LogP contribution in [0.2, 0.25) is 0 Å². The quantitative estimate of drug-likeness (QED) is 0.643. The number of hydrogen-bond donors (Lipinski definition) is 2. The van der Waals surface area contributed by atoms with E-state index in [1.165, 1.54) is 0 Å². The summed E-state index contributed by atoms with van der Waals surface area (Å²) in [6, 6.07) is 3.71. The molecule has 1 aromatic carbocycles. The molecule has 7 heteroatoms. The van der Waals surface area contributed by atoms with Crippen LogP contribution < -0.4 is 25.3 Å². The van der Waals surface area contributed by atoms with Crippen LogP contribution in [-0.4, -0.2) is 39.3 Å². The number of rotatable bonds is 10. The predicted molar refractivity (Wildman–Crippen MR) is 107 cm³/mol. The molecule has 1 atom stereocenters. The molecule has 0 saturated heterocycles. The molecule has 0 spiro atoms. The van der Waals surface area contributed by atoms with E-state index in [-0.39, 0.29) is 23.9 Å². The minimum absolute atomic E-state index is 0. The van der Waals surface area contributed by atoms with Crippen molar-refractivity contribution >= 4 is 18.3 Å². The summed E-state index contributed by atoms with van der Waals surface area (Å²) in [5.41, 5.74) is 6.38. The minimum Gasteiger partial charge on any atom is -0.493 e. The summed E-state index contributed by atoms with van der Waals surface area (Å²) in [7, 11) is 4.72. The molecule has 0 fully saturated rings. The van der Waals surface area contributed by atoms with Gasteiger partial charge in [-0.1, -0.05) is 19.9 Å². The van der Waals surface area contributed by atoms with Gasteiger partial charge >= 0.3 is 0 Å². The van der Waals surface area contributed by atoms with Crippen LogP contribution in [0.5, 0.6) is 17.2 Å². The van der Waals surface area contributed by atoms with Gasteiger partial charge in [0.25, 0.3) is 0 Å². The second-order valence-electron chi connectivity index (χ2n) is 6.90. The molecule has 26 heavy (non-hydrogen) atoms. The Labute approximate surface area is 163 Å². The number of ether oxygens (including phenoxy) is 3. The highest BCUT2D eigenvalue weighted by Crippen LogP contribution is 2.40. The summed E-state index contributed by atoms with van der Waals surface area (Å²) in [4.78, 5) is 12.4. The number of nitrogens with one attached hydrogen (secondary N) is 1. The average molecular weight is 389 g/mol. The van der Waals surface area contributed by atoms with Crippen molar-refractivity contribution in [1.82, 2.24) is 5.32 Å². The maximum Gasteiger partial charge on any atom is 0.220 e. The van der Waals surface area contributed by atoms with Gasteiger partial charge < -0.3 is 25.3 Å². The van der Waals surface area contributed by atoms with Gasteiger partial charge in [0.05, 0.1) is 21.3 Å². The van der Waals surface area contributed by atoms with Crippen LogP contribution in [0.1, 0.15) is 39.2 Å². The van der Waals surface area contributed by atoms with Crippen molar-refractivity contribution in [3.63, 3.8) is 0 Å². The van der Waals surface area contributed by atoms with Crippen LogP contribution in [0.3, 0.4) is 0 Å². The molecule has 0 radical (unpaired) electrons. The molecule has 0 aliphatic carbocycles. The first kappa shape index (κ1) is 24.3. The van der Waals surface area contributed by atoms with Gasteiger partial charge in [0.1, 0.15) is 0 Å². The average Bonchev–Trinajstić information content (AvgIpc) is 2.57. The summed E-state index contributed by atoms with van der Waals surface area (Å²) >= 11 is 0. The number of methoxy groups -OCH3 is 3. The van der Waals surface area contributed by atoms with Crippen LogP contribution in [-0.2, 0) is 11.2 Å². The fourth-order valence-electron chi connectivity index (χ4n) is 3.09. The molecular formula is C19H33ClN2O4. The first-order valence-electron chi connectivity index (χ1n) is 8.59. The van der Waals surface area contributed by atoms with E-state index >= 15 is 0 Å². The van der Waals surface area contributed by atoms with Crippen LogP contribution >= 0.6 is 12.4 Å². The van der Waals surface area contributed by atoms with E-state index in [0.29, 0.717) is 42.6 Å². The Bertz CT molecular complexity index is 581. The van der Waals surface area contributed by atoms with Gasteiger partial charge in [-0.3, -0.25) is 4.79 Å². The number of aryl methyl sites for hydroxylation is 1. The number of carbonyl (C=O) groups is 1. The Kier molecular flexibility index (Phi) is 10.4. The van der Waals surface area contributed by atoms with Crippen molar-refractivity contribution in [2.45, 2.75) is 45.6 Å². The fourth-order valence-corrected chi connectivity index (χ4v) is 3.09. The normalized spacial score (nSPS) is 12.8. The molecule has 1 aromatic rings. The molecule has 0 saturated carbocycles. The third kappa shape index (κ3) is 6.57. The molecule has 150 valence electrons. The molecule has 0 heterocycles. The number of halogens is 1. The lowest BCUT2D eigenvalue weighted by atomic mass is 9.90. The standard InChI is InChI=1S/C19H32N2O4.ClH/c1-13(2)11-19(3,12-20)21-16(22)10-8-14-7-9-15(23-4)18(25-6)17(14)24-5;/h7,9,13H,8,10-12,20H2,1-6H3,(H,21,22);1H. The Morgan fingerprint density at radius 1 is 1.15 bits per heavy atom. The van der Waals surface area contributed by atoms with Gasteiger partial charge in [-0.05, 0) is 37.3 Å². The fraction of sp³-hybridized carbons (Fsp3) is 0.632.